The Labute approximate surface area is 137 Å². The van der Waals surface area contributed by atoms with Crippen LogP contribution >= 0.6 is 0 Å². The third kappa shape index (κ3) is 6.21. The van der Waals surface area contributed by atoms with E-state index in [1.165, 1.54) is 0 Å². The van der Waals surface area contributed by atoms with Gasteiger partial charge in [0.25, 0.3) is 0 Å². The van der Waals surface area contributed by atoms with Crippen molar-refractivity contribution in [2.24, 2.45) is 4.99 Å². The number of guanidine groups is 1. The number of nitrogens with one attached hydrogen (secondary N) is 3. The highest BCUT2D eigenvalue weighted by Gasteiger charge is 2.28. The zero-order valence-electron chi connectivity index (χ0n) is 13.5. The Morgan fingerprint density at radius 3 is 2.57 bits per heavy atom. The number of hydrogen-bond acceptors (Lipinski definition) is 4. The van der Waals surface area contributed by atoms with E-state index in [0.29, 0.717) is 19.0 Å². The van der Waals surface area contributed by atoms with Crippen LogP contribution in [0.4, 0.5) is 0 Å². The number of sulfone groups is 1. The van der Waals surface area contributed by atoms with Crippen molar-refractivity contribution in [2.75, 3.05) is 24.6 Å². The molecule has 0 bridgehead atoms. The maximum Gasteiger partial charge on any atom is 0.222 e. The molecular formula is C15H26N4O3S. The van der Waals surface area contributed by atoms with Crippen LogP contribution in [-0.4, -0.2) is 57.0 Å². The topological polar surface area (TPSA) is 99.7 Å². The van der Waals surface area contributed by atoms with E-state index >= 15 is 0 Å². The Bertz CT molecular complexity index is 563. The van der Waals surface area contributed by atoms with Gasteiger partial charge in [-0.1, -0.05) is 12.2 Å². The zero-order chi connectivity index (χ0) is 16.7. The lowest BCUT2D eigenvalue weighted by atomic mass is 10.2. The van der Waals surface area contributed by atoms with Crippen molar-refractivity contribution in [1.82, 2.24) is 16.0 Å². The van der Waals surface area contributed by atoms with Gasteiger partial charge in [0.1, 0.15) is 0 Å². The van der Waals surface area contributed by atoms with E-state index in [1.54, 1.807) is 0 Å². The van der Waals surface area contributed by atoms with E-state index in [-0.39, 0.29) is 29.9 Å². The quantitative estimate of drug-likeness (QED) is 0.357. The summed E-state index contributed by atoms with van der Waals surface area (Å²) in [6, 6.07) is 0.123. The van der Waals surface area contributed by atoms with Gasteiger partial charge in [0.15, 0.2) is 15.8 Å². The Morgan fingerprint density at radius 1 is 1.22 bits per heavy atom. The van der Waals surface area contributed by atoms with Crippen LogP contribution in [0.25, 0.3) is 0 Å². The fourth-order valence-corrected chi connectivity index (χ4v) is 4.40. The summed E-state index contributed by atoms with van der Waals surface area (Å²) in [5.41, 5.74) is 0. The van der Waals surface area contributed by atoms with E-state index in [1.807, 2.05) is 6.92 Å². The predicted octanol–water partition coefficient (Wildman–Crippen LogP) is -0.0465. The van der Waals surface area contributed by atoms with Gasteiger partial charge in [-0.25, -0.2) is 8.42 Å². The summed E-state index contributed by atoms with van der Waals surface area (Å²) in [6.45, 7) is 3.14. The smallest absolute Gasteiger partial charge is 0.222 e. The number of nitrogens with zero attached hydrogens (tertiary/aromatic N) is 1. The number of rotatable bonds is 6. The molecule has 2 rings (SSSR count). The van der Waals surface area contributed by atoms with E-state index < -0.39 is 9.84 Å². The second-order valence-corrected chi connectivity index (χ2v) is 8.19. The largest absolute Gasteiger partial charge is 0.357 e. The van der Waals surface area contributed by atoms with Crippen molar-refractivity contribution in [1.29, 1.82) is 0 Å². The molecule has 1 unspecified atom stereocenters. The van der Waals surface area contributed by atoms with Crippen LogP contribution in [0.5, 0.6) is 0 Å². The van der Waals surface area contributed by atoms with Crippen LogP contribution in [0.1, 0.15) is 32.6 Å². The maximum atomic E-state index is 11.9. The minimum absolute atomic E-state index is 0.0564. The summed E-state index contributed by atoms with van der Waals surface area (Å²) in [4.78, 5) is 16.3. The van der Waals surface area contributed by atoms with Crippen molar-refractivity contribution < 1.29 is 13.2 Å². The fraction of sp³-hybridized carbons (Fsp3) is 0.733. The van der Waals surface area contributed by atoms with E-state index in [0.717, 1.165) is 25.3 Å². The lowest BCUT2D eigenvalue weighted by Crippen LogP contribution is -2.42. The fourth-order valence-electron chi connectivity index (χ4n) is 2.73. The van der Waals surface area contributed by atoms with Gasteiger partial charge in [-0.05, 0) is 26.2 Å². The number of carbonyl (C=O) groups is 1. The number of carbonyl (C=O) groups excluding carboxylic acids is 1. The molecule has 0 saturated carbocycles. The van der Waals surface area contributed by atoms with Crippen LogP contribution in [0.15, 0.2) is 17.1 Å². The minimum Gasteiger partial charge on any atom is -0.357 e. The minimum atomic E-state index is -2.96. The lowest BCUT2D eigenvalue weighted by Gasteiger charge is -2.16. The summed E-state index contributed by atoms with van der Waals surface area (Å²) in [6.07, 6.45) is 7.03. The molecule has 0 spiro atoms. The third-order valence-electron chi connectivity index (χ3n) is 3.90. The Morgan fingerprint density at radius 2 is 1.96 bits per heavy atom. The molecule has 0 aromatic rings. The SMILES string of the molecule is CCNC(=NCCC(=O)NC1CCS(=O)(=O)C1)NC1CC=CC1. The molecular weight excluding hydrogens is 316 g/mol. The third-order valence-corrected chi connectivity index (χ3v) is 5.67. The molecule has 130 valence electrons. The van der Waals surface area contributed by atoms with Crippen molar-refractivity contribution in [3.8, 4) is 0 Å². The summed E-state index contributed by atoms with van der Waals surface area (Å²) >= 11 is 0. The van der Waals surface area contributed by atoms with Gasteiger partial charge < -0.3 is 16.0 Å². The van der Waals surface area contributed by atoms with Crippen molar-refractivity contribution in [3.63, 3.8) is 0 Å². The highest BCUT2D eigenvalue weighted by atomic mass is 32.2. The van der Waals surface area contributed by atoms with Gasteiger partial charge in [0, 0.05) is 25.0 Å². The lowest BCUT2D eigenvalue weighted by molar-refractivity contribution is -0.121. The molecule has 1 aliphatic carbocycles. The van der Waals surface area contributed by atoms with Gasteiger partial charge >= 0.3 is 0 Å². The first kappa shape index (κ1) is 17.8. The molecule has 2 aliphatic rings. The molecule has 0 aromatic heterocycles. The van der Waals surface area contributed by atoms with E-state index in [9.17, 15) is 13.2 Å². The number of hydrogen-bond donors (Lipinski definition) is 3. The van der Waals surface area contributed by atoms with Crippen LogP contribution in [0, 0.1) is 0 Å². The summed E-state index contributed by atoms with van der Waals surface area (Å²) in [5, 5.41) is 9.28. The van der Waals surface area contributed by atoms with Gasteiger partial charge in [-0.2, -0.15) is 0 Å². The molecule has 1 saturated heterocycles. The monoisotopic (exact) mass is 342 g/mol. The molecule has 1 fully saturated rings. The Kier molecular flexibility index (Phi) is 6.44. The van der Waals surface area contributed by atoms with Gasteiger partial charge in [0.2, 0.25) is 5.91 Å². The van der Waals surface area contributed by atoms with Gasteiger partial charge in [0.05, 0.1) is 18.1 Å². The molecule has 8 heteroatoms. The van der Waals surface area contributed by atoms with Crippen LogP contribution < -0.4 is 16.0 Å². The maximum absolute atomic E-state index is 11.9. The second kappa shape index (κ2) is 8.33. The number of aliphatic imine (C=N–C) groups is 1. The first-order valence-electron chi connectivity index (χ1n) is 8.18. The molecule has 0 radical (unpaired) electrons. The van der Waals surface area contributed by atoms with Crippen LogP contribution in [0.2, 0.25) is 0 Å². The van der Waals surface area contributed by atoms with Crippen LogP contribution in [0.3, 0.4) is 0 Å². The first-order chi connectivity index (χ1) is 11.0. The highest BCUT2D eigenvalue weighted by Crippen LogP contribution is 2.11. The molecule has 1 atom stereocenters. The van der Waals surface area contributed by atoms with E-state index in [4.69, 9.17) is 0 Å². The van der Waals surface area contributed by atoms with Crippen molar-refractivity contribution in [2.45, 2.75) is 44.7 Å². The zero-order valence-corrected chi connectivity index (χ0v) is 14.4. The highest BCUT2D eigenvalue weighted by molar-refractivity contribution is 7.91. The molecule has 1 aliphatic heterocycles. The summed E-state index contributed by atoms with van der Waals surface area (Å²) in [7, 11) is -2.96. The molecule has 23 heavy (non-hydrogen) atoms. The molecule has 0 aromatic carbocycles. The summed E-state index contributed by atoms with van der Waals surface area (Å²) < 4.78 is 22.7. The number of amides is 1. The standard InChI is InChI=1S/C15H26N4O3S/c1-2-16-15(19-12-5-3-4-6-12)17-9-7-14(20)18-13-8-10-23(21,22)11-13/h3-4,12-13H,2,5-11H2,1H3,(H,18,20)(H2,16,17,19). The predicted molar refractivity (Wildman–Crippen MR) is 91.1 cm³/mol. The Hall–Kier alpha value is -1.57. The van der Waals surface area contributed by atoms with Crippen LogP contribution in [-0.2, 0) is 14.6 Å². The van der Waals surface area contributed by atoms with Crippen molar-refractivity contribution >= 4 is 21.7 Å². The average Bonchev–Trinajstić information content (AvgIpc) is 3.08. The first-order valence-corrected chi connectivity index (χ1v) is 10.0. The second-order valence-electron chi connectivity index (χ2n) is 5.96. The average molecular weight is 342 g/mol. The van der Waals surface area contributed by atoms with Crippen molar-refractivity contribution in [3.05, 3.63) is 12.2 Å². The van der Waals surface area contributed by atoms with Gasteiger partial charge in [-0.3, -0.25) is 9.79 Å². The van der Waals surface area contributed by atoms with E-state index in [2.05, 4.69) is 33.1 Å². The summed E-state index contributed by atoms with van der Waals surface area (Å²) in [5.74, 6) is 0.799. The van der Waals surface area contributed by atoms with Gasteiger partial charge in [-0.15, -0.1) is 0 Å². The molecule has 1 heterocycles. The normalized spacial score (nSPS) is 23.9. The molecule has 3 N–H and O–H groups in total. The Balaban J connectivity index is 1.72. The molecule has 1 amide bonds. The molecule has 7 nitrogen and oxygen atoms in total.